The van der Waals surface area contributed by atoms with Crippen molar-refractivity contribution in [3.63, 3.8) is 0 Å². The number of para-hydroxylation sites is 1. The molecule has 5 nitrogen and oxygen atoms in total. The van der Waals surface area contributed by atoms with Crippen LogP contribution in [0.4, 0.5) is 0 Å². The molecule has 0 radical (unpaired) electrons. The number of carbonyl (C=O) groups excluding carboxylic acids is 1. The maximum Gasteiger partial charge on any atom is 0.221 e. The third-order valence-corrected chi connectivity index (χ3v) is 5.21. The molecular weight excluding hydrogens is 364 g/mol. The summed E-state index contributed by atoms with van der Waals surface area (Å²) in [6.45, 7) is 6.09. The predicted octanol–water partition coefficient (Wildman–Crippen LogP) is 4.79. The monoisotopic (exact) mass is 394 g/mol. The first kappa shape index (κ1) is 20.8. The summed E-state index contributed by atoms with van der Waals surface area (Å²) >= 11 is 0. The number of aromatic amines is 1. The zero-order valence-corrected chi connectivity index (χ0v) is 17.8. The molecule has 0 spiro atoms. The average Bonchev–Trinajstić information content (AvgIpc) is 3.15. The highest BCUT2D eigenvalue weighted by Crippen LogP contribution is 2.37. The van der Waals surface area contributed by atoms with Crippen molar-refractivity contribution in [2.24, 2.45) is 0 Å². The second-order valence-corrected chi connectivity index (χ2v) is 7.56. The van der Waals surface area contributed by atoms with Crippen LogP contribution in [-0.4, -0.2) is 31.2 Å². The summed E-state index contributed by atoms with van der Waals surface area (Å²) in [5.41, 5.74) is 4.49. The van der Waals surface area contributed by atoms with Crippen LogP contribution in [-0.2, 0) is 11.2 Å². The highest BCUT2D eigenvalue weighted by molar-refractivity contribution is 5.88. The van der Waals surface area contributed by atoms with Crippen LogP contribution in [0.25, 0.3) is 10.9 Å². The smallest absolute Gasteiger partial charge is 0.221 e. The maximum absolute atomic E-state index is 12.7. The largest absolute Gasteiger partial charge is 0.497 e. The van der Waals surface area contributed by atoms with E-state index in [9.17, 15) is 4.79 Å². The third-order valence-electron chi connectivity index (χ3n) is 5.21. The number of amides is 1. The van der Waals surface area contributed by atoms with Crippen LogP contribution < -0.4 is 14.8 Å². The van der Waals surface area contributed by atoms with Gasteiger partial charge in [-0.05, 0) is 49.1 Å². The number of hydrogen-bond donors (Lipinski definition) is 2. The van der Waals surface area contributed by atoms with Crippen molar-refractivity contribution in [2.75, 3.05) is 14.2 Å². The Bertz CT molecular complexity index is 969. The van der Waals surface area contributed by atoms with Crippen LogP contribution >= 0.6 is 0 Å². The van der Waals surface area contributed by atoms with Crippen LogP contribution in [0.3, 0.4) is 0 Å². The fourth-order valence-electron chi connectivity index (χ4n) is 3.83. The number of ether oxygens (including phenoxy) is 2. The second kappa shape index (κ2) is 9.03. The molecule has 29 heavy (non-hydrogen) atoms. The van der Waals surface area contributed by atoms with Crippen LogP contribution in [0.2, 0.25) is 0 Å². The predicted molar refractivity (Wildman–Crippen MR) is 117 cm³/mol. The molecule has 1 aromatic heterocycles. The minimum atomic E-state index is -0.126. The number of H-pyrrole nitrogens is 1. The third kappa shape index (κ3) is 4.56. The van der Waals surface area contributed by atoms with E-state index in [-0.39, 0.29) is 17.9 Å². The summed E-state index contributed by atoms with van der Waals surface area (Å²) in [6.07, 6.45) is 3.32. The standard InChI is InChI=1S/C24H30N2O3/c1-6-16-8-7-9-20-22(14-25-24(16)20)21(13-23(27)26-15(2)3)17-10-18(28-4)12-19(11-17)29-5/h7-12,14-15,21,25H,6,13H2,1-5H3,(H,26,27). The number of carbonyl (C=O) groups is 1. The summed E-state index contributed by atoms with van der Waals surface area (Å²) < 4.78 is 10.9. The van der Waals surface area contributed by atoms with Crippen molar-refractivity contribution >= 4 is 16.8 Å². The molecule has 2 N–H and O–H groups in total. The molecule has 1 unspecified atom stereocenters. The molecule has 0 fully saturated rings. The molecule has 3 rings (SSSR count). The van der Waals surface area contributed by atoms with Gasteiger partial charge in [-0.15, -0.1) is 0 Å². The van der Waals surface area contributed by atoms with Gasteiger partial charge in [-0.25, -0.2) is 0 Å². The average molecular weight is 395 g/mol. The summed E-state index contributed by atoms with van der Waals surface area (Å²) in [4.78, 5) is 16.2. The van der Waals surface area contributed by atoms with E-state index in [0.717, 1.165) is 28.5 Å². The molecule has 0 saturated heterocycles. The Labute approximate surface area is 172 Å². The Morgan fingerprint density at radius 1 is 1.10 bits per heavy atom. The van der Waals surface area contributed by atoms with E-state index in [1.165, 1.54) is 5.56 Å². The van der Waals surface area contributed by atoms with Gasteiger partial charge < -0.3 is 19.8 Å². The van der Waals surface area contributed by atoms with E-state index in [1.807, 2.05) is 38.2 Å². The van der Waals surface area contributed by atoms with E-state index in [2.05, 4.69) is 35.4 Å². The molecule has 3 aromatic rings. The molecule has 0 bridgehead atoms. The lowest BCUT2D eigenvalue weighted by atomic mass is 9.87. The van der Waals surface area contributed by atoms with Crippen molar-refractivity contribution in [1.82, 2.24) is 10.3 Å². The van der Waals surface area contributed by atoms with Gasteiger partial charge in [0.15, 0.2) is 0 Å². The molecule has 0 aliphatic carbocycles. The number of benzene rings is 2. The van der Waals surface area contributed by atoms with E-state index < -0.39 is 0 Å². The van der Waals surface area contributed by atoms with Gasteiger partial charge in [-0.2, -0.15) is 0 Å². The molecule has 0 aliphatic heterocycles. The number of hydrogen-bond acceptors (Lipinski definition) is 3. The SMILES string of the molecule is CCc1cccc2c(C(CC(=O)NC(C)C)c3cc(OC)cc(OC)c3)c[nH]c12. The highest BCUT2D eigenvalue weighted by Gasteiger charge is 2.23. The summed E-state index contributed by atoms with van der Waals surface area (Å²) in [5.74, 6) is 1.32. The molecule has 0 aliphatic rings. The second-order valence-electron chi connectivity index (χ2n) is 7.56. The number of aryl methyl sites for hydroxylation is 1. The van der Waals surface area contributed by atoms with E-state index in [4.69, 9.17) is 9.47 Å². The Morgan fingerprint density at radius 2 is 1.79 bits per heavy atom. The first-order valence-electron chi connectivity index (χ1n) is 10.1. The molecule has 2 aromatic carbocycles. The van der Waals surface area contributed by atoms with Gasteiger partial charge in [0, 0.05) is 41.5 Å². The normalized spacial score (nSPS) is 12.2. The van der Waals surface area contributed by atoms with E-state index in [1.54, 1.807) is 14.2 Å². The first-order valence-corrected chi connectivity index (χ1v) is 10.1. The lowest BCUT2D eigenvalue weighted by molar-refractivity contribution is -0.121. The van der Waals surface area contributed by atoms with Crippen molar-refractivity contribution in [3.8, 4) is 11.5 Å². The molecule has 5 heteroatoms. The first-order chi connectivity index (χ1) is 14.0. The number of rotatable bonds is 8. The van der Waals surface area contributed by atoms with Gasteiger partial charge >= 0.3 is 0 Å². The lowest BCUT2D eigenvalue weighted by Gasteiger charge is -2.20. The minimum Gasteiger partial charge on any atom is -0.497 e. The number of fused-ring (bicyclic) bond motifs is 1. The zero-order chi connectivity index (χ0) is 21.0. The van der Waals surface area contributed by atoms with Crippen LogP contribution in [0.1, 0.15) is 49.8 Å². The number of nitrogens with one attached hydrogen (secondary N) is 2. The Morgan fingerprint density at radius 3 is 2.38 bits per heavy atom. The van der Waals surface area contributed by atoms with Crippen molar-refractivity contribution in [3.05, 3.63) is 59.3 Å². The van der Waals surface area contributed by atoms with Crippen LogP contribution in [0, 0.1) is 0 Å². The summed E-state index contributed by atoms with van der Waals surface area (Å²) in [5, 5.41) is 4.17. The molecule has 0 saturated carbocycles. The molecule has 1 heterocycles. The van der Waals surface area contributed by atoms with Gasteiger partial charge in [0.25, 0.3) is 0 Å². The molecular formula is C24H30N2O3. The summed E-state index contributed by atoms with van der Waals surface area (Å²) in [7, 11) is 3.27. The quantitative estimate of drug-likeness (QED) is 0.577. The van der Waals surface area contributed by atoms with Crippen LogP contribution in [0.15, 0.2) is 42.6 Å². The Kier molecular flexibility index (Phi) is 6.47. The highest BCUT2D eigenvalue weighted by atomic mass is 16.5. The summed E-state index contributed by atoms with van der Waals surface area (Å²) in [6, 6.07) is 12.2. The minimum absolute atomic E-state index is 0.0211. The topological polar surface area (TPSA) is 63.4 Å². The fraction of sp³-hybridized carbons (Fsp3) is 0.375. The Hall–Kier alpha value is -2.95. The number of methoxy groups -OCH3 is 2. The maximum atomic E-state index is 12.7. The fourth-order valence-corrected chi connectivity index (χ4v) is 3.83. The van der Waals surface area contributed by atoms with Crippen molar-refractivity contribution in [1.29, 1.82) is 0 Å². The zero-order valence-electron chi connectivity index (χ0n) is 17.8. The van der Waals surface area contributed by atoms with Gasteiger partial charge in [-0.3, -0.25) is 4.79 Å². The van der Waals surface area contributed by atoms with E-state index >= 15 is 0 Å². The molecule has 1 atom stereocenters. The molecule has 154 valence electrons. The molecule has 1 amide bonds. The van der Waals surface area contributed by atoms with Gasteiger partial charge in [0.05, 0.1) is 14.2 Å². The number of aromatic nitrogens is 1. The van der Waals surface area contributed by atoms with Crippen molar-refractivity contribution < 1.29 is 14.3 Å². The van der Waals surface area contributed by atoms with E-state index in [0.29, 0.717) is 17.9 Å². The Balaban J connectivity index is 2.13. The van der Waals surface area contributed by atoms with Gasteiger partial charge in [0.2, 0.25) is 5.91 Å². The van der Waals surface area contributed by atoms with Crippen molar-refractivity contribution in [2.45, 2.75) is 45.6 Å². The lowest BCUT2D eigenvalue weighted by Crippen LogP contribution is -2.31. The van der Waals surface area contributed by atoms with Crippen LogP contribution in [0.5, 0.6) is 11.5 Å². The van der Waals surface area contributed by atoms with Gasteiger partial charge in [-0.1, -0.05) is 25.1 Å². The van der Waals surface area contributed by atoms with Gasteiger partial charge in [0.1, 0.15) is 11.5 Å².